The molecule has 0 fully saturated rings. The van der Waals surface area contributed by atoms with Gasteiger partial charge in [-0.05, 0) is 43.7 Å². The molecular formula is C17H19N3O3. The molecule has 0 atom stereocenters. The first-order chi connectivity index (χ1) is 11.0. The highest BCUT2D eigenvalue weighted by molar-refractivity contribution is 6.06. The standard InChI is InChI=1S/C17H19N3O3/c1-4-23-17-13(7-6-10-18-17)16(22)20-15-9-5-8-14(11(15)2)19-12(3)21/h5-10H,4H2,1-3H3,(H,19,21)(H,20,22). The van der Waals surface area contributed by atoms with E-state index in [2.05, 4.69) is 15.6 Å². The van der Waals surface area contributed by atoms with Gasteiger partial charge in [-0.15, -0.1) is 0 Å². The number of rotatable bonds is 5. The molecule has 1 aromatic carbocycles. The highest BCUT2D eigenvalue weighted by Crippen LogP contribution is 2.25. The van der Waals surface area contributed by atoms with Gasteiger partial charge in [0.05, 0.1) is 6.61 Å². The molecule has 2 rings (SSSR count). The summed E-state index contributed by atoms with van der Waals surface area (Å²) < 4.78 is 5.37. The molecule has 2 aromatic rings. The molecule has 0 saturated heterocycles. The Labute approximate surface area is 134 Å². The Morgan fingerprint density at radius 3 is 2.48 bits per heavy atom. The van der Waals surface area contributed by atoms with Crippen molar-refractivity contribution in [3.8, 4) is 5.88 Å². The summed E-state index contributed by atoms with van der Waals surface area (Å²) in [6.45, 7) is 5.52. The maximum Gasteiger partial charge on any atom is 0.261 e. The lowest BCUT2D eigenvalue weighted by Gasteiger charge is -2.13. The predicted molar refractivity (Wildman–Crippen MR) is 88.8 cm³/mol. The molecule has 120 valence electrons. The fourth-order valence-corrected chi connectivity index (χ4v) is 2.10. The molecule has 0 unspecified atom stereocenters. The van der Waals surface area contributed by atoms with Crippen molar-refractivity contribution in [2.75, 3.05) is 17.2 Å². The number of nitrogens with zero attached hydrogens (tertiary/aromatic N) is 1. The molecule has 0 aliphatic carbocycles. The van der Waals surface area contributed by atoms with Crippen molar-refractivity contribution in [2.24, 2.45) is 0 Å². The van der Waals surface area contributed by atoms with Gasteiger partial charge in [0.2, 0.25) is 11.8 Å². The SMILES string of the molecule is CCOc1ncccc1C(=O)Nc1cccc(NC(C)=O)c1C. The highest BCUT2D eigenvalue weighted by atomic mass is 16.5. The molecule has 0 aliphatic rings. The molecule has 0 saturated carbocycles. The van der Waals surface area contributed by atoms with Crippen LogP contribution in [0.4, 0.5) is 11.4 Å². The quantitative estimate of drug-likeness (QED) is 0.889. The van der Waals surface area contributed by atoms with Crippen LogP contribution in [0.3, 0.4) is 0 Å². The number of anilines is 2. The third kappa shape index (κ3) is 4.06. The summed E-state index contributed by atoms with van der Waals surface area (Å²) in [5, 5.41) is 5.56. The normalized spacial score (nSPS) is 10.0. The van der Waals surface area contributed by atoms with Gasteiger partial charge in [-0.25, -0.2) is 4.98 Å². The second-order valence-corrected chi connectivity index (χ2v) is 4.90. The number of hydrogen-bond donors (Lipinski definition) is 2. The van der Waals surface area contributed by atoms with Gasteiger partial charge >= 0.3 is 0 Å². The monoisotopic (exact) mass is 313 g/mol. The van der Waals surface area contributed by atoms with Crippen LogP contribution in [-0.2, 0) is 4.79 Å². The number of nitrogens with one attached hydrogen (secondary N) is 2. The number of ether oxygens (including phenoxy) is 1. The zero-order chi connectivity index (χ0) is 16.8. The first kappa shape index (κ1) is 16.5. The number of carbonyl (C=O) groups is 2. The first-order valence-corrected chi connectivity index (χ1v) is 7.29. The van der Waals surface area contributed by atoms with E-state index in [0.717, 1.165) is 5.56 Å². The summed E-state index contributed by atoms with van der Waals surface area (Å²) in [4.78, 5) is 27.8. The van der Waals surface area contributed by atoms with Crippen molar-refractivity contribution < 1.29 is 14.3 Å². The molecule has 6 heteroatoms. The molecule has 2 amide bonds. The Kier molecular flexibility index (Phi) is 5.30. The summed E-state index contributed by atoms with van der Waals surface area (Å²) in [6, 6.07) is 8.65. The van der Waals surface area contributed by atoms with Crippen LogP contribution in [0.15, 0.2) is 36.5 Å². The second-order valence-electron chi connectivity index (χ2n) is 4.90. The molecule has 23 heavy (non-hydrogen) atoms. The fraction of sp³-hybridized carbons (Fsp3) is 0.235. The third-order valence-electron chi connectivity index (χ3n) is 3.19. The van der Waals surface area contributed by atoms with E-state index in [1.54, 1.807) is 36.5 Å². The molecule has 6 nitrogen and oxygen atoms in total. The van der Waals surface area contributed by atoms with E-state index in [-0.39, 0.29) is 11.8 Å². The predicted octanol–water partition coefficient (Wildman–Crippen LogP) is 3.00. The highest BCUT2D eigenvalue weighted by Gasteiger charge is 2.15. The summed E-state index contributed by atoms with van der Waals surface area (Å²) in [6.07, 6.45) is 1.57. The van der Waals surface area contributed by atoms with Crippen LogP contribution in [0.25, 0.3) is 0 Å². The fourth-order valence-electron chi connectivity index (χ4n) is 2.10. The van der Waals surface area contributed by atoms with Gasteiger partial charge in [0.25, 0.3) is 5.91 Å². The van der Waals surface area contributed by atoms with Gasteiger partial charge in [-0.1, -0.05) is 6.07 Å². The maximum absolute atomic E-state index is 12.5. The second kappa shape index (κ2) is 7.40. The van der Waals surface area contributed by atoms with E-state index in [1.807, 2.05) is 13.8 Å². The summed E-state index contributed by atoms with van der Waals surface area (Å²) >= 11 is 0. The average molecular weight is 313 g/mol. The van der Waals surface area contributed by atoms with Gasteiger partial charge < -0.3 is 15.4 Å². The van der Waals surface area contributed by atoms with E-state index in [1.165, 1.54) is 6.92 Å². The smallest absolute Gasteiger partial charge is 0.261 e. The molecule has 2 N–H and O–H groups in total. The Morgan fingerprint density at radius 2 is 1.83 bits per heavy atom. The molecule has 0 bridgehead atoms. The Bertz CT molecular complexity index is 729. The summed E-state index contributed by atoms with van der Waals surface area (Å²) in [7, 11) is 0. The van der Waals surface area contributed by atoms with Crippen LogP contribution in [-0.4, -0.2) is 23.4 Å². The largest absolute Gasteiger partial charge is 0.477 e. The Morgan fingerprint density at radius 1 is 1.13 bits per heavy atom. The maximum atomic E-state index is 12.5. The molecule has 0 spiro atoms. The number of carbonyl (C=O) groups excluding carboxylic acids is 2. The summed E-state index contributed by atoms with van der Waals surface area (Å²) in [5.41, 5.74) is 2.41. The van der Waals surface area contributed by atoms with Crippen LogP contribution in [0.2, 0.25) is 0 Å². The number of benzene rings is 1. The van der Waals surface area contributed by atoms with E-state index in [0.29, 0.717) is 29.4 Å². The van der Waals surface area contributed by atoms with Gasteiger partial charge in [-0.3, -0.25) is 9.59 Å². The first-order valence-electron chi connectivity index (χ1n) is 7.29. The minimum absolute atomic E-state index is 0.164. The van der Waals surface area contributed by atoms with Gasteiger partial charge in [0.15, 0.2) is 0 Å². The minimum Gasteiger partial charge on any atom is -0.477 e. The van der Waals surface area contributed by atoms with Gasteiger partial charge in [-0.2, -0.15) is 0 Å². The molecular weight excluding hydrogens is 294 g/mol. The van der Waals surface area contributed by atoms with Crippen LogP contribution in [0.1, 0.15) is 29.8 Å². The van der Waals surface area contributed by atoms with Crippen molar-refractivity contribution in [3.63, 3.8) is 0 Å². The van der Waals surface area contributed by atoms with Crippen molar-refractivity contribution in [3.05, 3.63) is 47.7 Å². The van der Waals surface area contributed by atoms with Gasteiger partial charge in [0, 0.05) is 24.5 Å². The lowest BCUT2D eigenvalue weighted by Crippen LogP contribution is -2.16. The topological polar surface area (TPSA) is 80.3 Å². The van der Waals surface area contributed by atoms with Crippen LogP contribution < -0.4 is 15.4 Å². The lowest BCUT2D eigenvalue weighted by molar-refractivity contribution is -0.114. The number of aromatic nitrogens is 1. The molecule has 1 heterocycles. The molecule has 0 radical (unpaired) electrons. The minimum atomic E-state index is -0.315. The van der Waals surface area contributed by atoms with Crippen LogP contribution >= 0.6 is 0 Å². The zero-order valence-corrected chi connectivity index (χ0v) is 13.3. The number of amides is 2. The van der Waals surface area contributed by atoms with Gasteiger partial charge in [0.1, 0.15) is 5.56 Å². The number of hydrogen-bond acceptors (Lipinski definition) is 4. The van der Waals surface area contributed by atoms with Crippen molar-refractivity contribution >= 4 is 23.2 Å². The number of pyridine rings is 1. The van der Waals surface area contributed by atoms with Crippen LogP contribution in [0.5, 0.6) is 5.88 Å². The van der Waals surface area contributed by atoms with E-state index >= 15 is 0 Å². The summed E-state index contributed by atoms with van der Waals surface area (Å²) in [5.74, 6) is -0.185. The Hall–Kier alpha value is -2.89. The van der Waals surface area contributed by atoms with E-state index < -0.39 is 0 Å². The van der Waals surface area contributed by atoms with E-state index in [9.17, 15) is 9.59 Å². The molecule has 1 aromatic heterocycles. The lowest BCUT2D eigenvalue weighted by atomic mass is 10.1. The van der Waals surface area contributed by atoms with Crippen molar-refractivity contribution in [1.29, 1.82) is 0 Å². The van der Waals surface area contributed by atoms with E-state index in [4.69, 9.17) is 4.74 Å². The van der Waals surface area contributed by atoms with Crippen molar-refractivity contribution in [2.45, 2.75) is 20.8 Å². The van der Waals surface area contributed by atoms with Crippen LogP contribution in [0, 0.1) is 6.92 Å². The van der Waals surface area contributed by atoms with Crippen molar-refractivity contribution in [1.82, 2.24) is 4.98 Å². The Balaban J connectivity index is 2.26. The average Bonchev–Trinajstić information content (AvgIpc) is 2.51. The third-order valence-corrected chi connectivity index (χ3v) is 3.19. The zero-order valence-electron chi connectivity index (χ0n) is 13.3. The molecule has 0 aliphatic heterocycles.